The third kappa shape index (κ3) is 3.08. The highest BCUT2D eigenvalue weighted by molar-refractivity contribution is 6.09. The fourth-order valence-electron chi connectivity index (χ4n) is 3.36. The van der Waals surface area contributed by atoms with Gasteiger partial charge in [-0.25, -0.2) is 9.82 Å². The Labute approximate surface area is 155 Å². The number of amides is 1. The fraction of sp³-hybridized carbons (Fsp3) is 0.0909. The number of hydrogen-bond donors (Lipinski definition) is 1. The molecule has 1 N–H and O–H groups in total. The summed E-state index contributed by atoms with van der Waals surface area (Å²) in [6.07, 6.45) is 1.57. The molecular formula is C22H18FN3O. The van der Waals surface area contributed by atoms with Crippen molar-refractivity contribution in [2.75, 3.05) is 0 Å². The van der Waals surface area contributed by atoms with Gasteiger partial charge in [0.15, 0.2) is 0 Å². The molecule has 0 spiro atoms. The van der Waals surface area contributed by atoms with Crippen LogP contribution in [-0.4, -0.2) is 16.7 Å². The molecule has 1 heterocycles. The summed E-state index contributed by atoms with van der Waals surface area (Å²) < 4.78 is 15.9. The first-order chi connectivity index (χ1) is 13.2. The maximum Gasteiger partial charge on any atom is 0.274 e. The molecule has 0 aliphatic rings. The maximum atomic E-state index is 13.6. The zero-order chi connectivity index (χ0) is 18.8. The number of halogens is 1. The standard InChI is InChI=1S/C22H18FN3O/c1-2-26-20-10-6-4-7-16(20)18-13-15(11-12-21(18)26)14-24-25-22(27)17-8-3-5-9-19(17)23/h3-14H,2H2,1H3,(H,25,27)/b24-14-. The van der Waals surface area contributed by atoms with Gasteiger partial charge in [-0.05, 0) is 42.8 Å². The summed E-state index contributed by atoms with van der Waals surface area (Å²) in [6, 6.07) is 20.1. The van der Waals surface area contributed by atoms with Crippen LogP contribution in [0.4, 0.5) is 4.39 Å². The van der Waals surface area contributed by atoms with E-state index in [1.54, 1.807) is 12.3 Å². The molecule has 0 aliphatic carbocycles. The highest BCUT2D eigenvalue weighted by atomic mass is 19.1. The number of nitrogens with one attached hydrogen (secondary N) is 1. The Morgan fingerprint density at radius 1 is 1.04 bits per heavy atom. The second-order valence-electron chi connectivity index (χ2n) is 6.22. The van der Waals surface area contributed by atoms with Gasteiger partial charge in [-0.2, -0.15) is 5.10 Å². The maximum absolute atomic E-state index is 13.6. The molecule has 0 fully saturated rings. The van der Waals surface area contributed by atoms with Crippen LogP contribution in [0.2, 0.25) is 0 Å². The monoisotopic (exact) mass is 359 g/mol. The van der Waals surface area contributed by atoms with Gasteiger partial charge in [0.1, 0.15) is 5.82 Å². The minimum absolute atomic E-state index is 0.0314. The van der Waals surface area contributed by atoms with Gasteiger partial charge in [-0.3, -0.25) is 4.79 Å². The van der Waals surface area contributed by atoms with Crippen LogP contribution in [0.5, 0.6) is 0 Å². The number of aryl methyl sites for hydroxylation is 1. The number of nitrogens with zero attached hydrogens (tertiary/aromatic N) is 2. The van der Waals surface area contributed by atoms with Crippen molar-refractivity contribution < 1.29 is 9.18 Å². The molecular weight excluding hydrogens is 341 g/mol. The molecule has 134 valence electrons. The first-order valence-corrected chi connectivity index (χ1v) is 8.78. The lowest BCUT2D eigenvalue weighted by Gasteiger charge is -2.03. The van der Waals surface area contributed by atoms with E-state index in [1.165, 1.54) is 29.1 Å². The van der Waals surface area contributed by atoms with Crippen molar-refractivity contribution in [3.63, 3.8) is 0 Å². The normalized spacial score (nSPS) is 11.5. The molecule has 0 saturated heterocycles. The van der Waals surface area contributed by atoms with Gasteiger partial charge in [-0.1, -0.05) is 36.4 Å². The molecule has 0 bridgehead atoms. The first-order valence-electron chi connectivity index (χ1n) is 8.78. The Bertz CT molecular complexity index is 1180. The van der Waals surface area contributed by atoms with Crippen molar-refractivity contribution in [3.05, 3.63) is 83.7 Å². The number of carbonyl (C=O) groups is 1. The molecule has 3 aromatic carbocycles. The summed E-state index contributed by atoms with van der Waals surface area (Å²) in [5.41, 5.74) is 5.55. The van der Waals surface area contributed by atoms with E-state index in [0.717, 1.165) is 23.0 Å². The minimum Gasteiger partial charge on any atom is -0.341 e. The highest BCUT2D eigenvalue weighted by Crippen LogP contribution is 2.29. The minimum atomic E-state index is -0.576. The van der Waals surface area contributed by atoms with Gasteiger partial charge >= 0.3 is 0 Å². The van der Waals surface area contributed by atoms with E-state index >= 15 is 0 Å². The average molecular weight is 359 g/mol. The van der Waals surface area contributed by atoms with Crippen molar-refractivity contribution in [2.45, 2.75) is 13.5 Å². The van der Waals surface area contributed by atoms with Gasteiger partial charge in [0.05, 0.1) is 11.8 Å². The predicted molar refractivity (Wildman–Crippen MR) is 107 cm³/mol. The molecule has 0 radical (unpaired) electrons. The highest BCUT2D eigenvalue weighted by Gasteiger charge is 2.10. The van der Waals surface area contributed by atoms with E-state index in [0.29, 0.717) is 0 Å². The van der Waals surface area contributed by atoms with Gasteiger partial charge in [0.2, 0.25) is 0 Å². The van der Waals surface area contributed by atoms with Crippen molar-refractivity contribution in [2.24, 2.45) is 5.10 Å². The van der Waals surface area contributed by atoms with E-state index in [1.807, 2.05) is 24.3 Å². The van der Waals surface area contributed by atoms with Crippen LogP contribution in [-0.2, 0) is 6.54 Å². The molecule has 0 aliphatic heterocycles. The SMILES string of the molecule is CCn1c2ccccc2c2cc(/C=N\NC(=O)c3ccccc3F)ccc21. The molecule has 5 heteroatoms. The second-order valence-corrected chi connectivity index (χ2v) is 6.22. The summed E-state index contributed by atoms with van der Waals surface area (Å²) in [6.45, 7) is 3.01. The van der Waals surface area contributed by atoms with Crippen LogP contribution in [0, 0.1) is 5.82 Å². The van der Waals surface area contributed by atoms with Gasteiger partial charge in [-0.15, -0.1) is 0 Å². The van der Waals surface area contributed by atoms with Crippen LogP contribution >= 0.6 is 0 Å². The second kappa shape index (κ2) is 7.03. The third-order valence-corrected chi connectivity index (χ3v) is 4.61. The van der Waals surface area contributed by atoms with Crippen LogP contribution in [0.15, 0.2) is 71.8 Å². The number of benzene rings is 3. The summed E-state index contributed by atoms with van der Waals surface area (Å²) in [7, 11) is 0. The zero-order valence-electron chi connectivity index (χ0n) is 14.8. The molecule has 27 heavy (non-hydrogen) atoms. The van der Waals surface area contributed by atoms with Crippen LogP contribution in [0.1, 0.15) is 22.8 Å². The number of fused-ring (bicyclic) bond motifs is 3. The number of carbonyl (C=O) groups excluding carboxylic acids is 1. The molecule has 4 aromatic rings. The van der Waals surface area contributed by atoms with E-state index in [4.69, 9.17) is 0 Å². The number of hydrazone groups is 1. The van der Waals surface area contributed by atoms with Crippen LogP contribution in [0.25, 0.3) is 21.8 Å². The summed E-state index contributed by atoms with van der Waals surface area (Å²) in [5, 5.41) is 6.29. The number of aromatic nitrogens is 1. The van der Waals surface area contributed by atoms with Crippen LogP contribution < -0.4 is 5.43 Å². The molecule has 1 aromatic heterocycles. The Morgan fingerprint density at radius 3 is 2.59 bits per heavy atom. The predicted octanol–water partition coefficient (Wildman–Crippen LogP) is 4.72. The molecule has 4 rings (SSSR count). The Kier molecular flexibility index (Phi) is 4.42. The molecule has 0 unspecified atom stereocenters. The van der Waals surface area contributed by atoms with Crippen molar-refractivity contribution in [1.29, 1.82) is 0 Å². The molecule has 1 amide bonds. The summed E-state index contributed by atoms with van der Waals surface area (Å²) in [5.74, 6) is -1.15. The average Bonchev–Trinajstić information content (AvgIpc) is 3.01. The topological polar surface area (TPSA) is 46.4 Å². The largest absolute Gasteiger partial charge is 0.341 e. The number of hydrogen-bond acceptors (Lipinski definition) is 2. The van der Waals surface area contributed by atoms with Gasteiger partial charge in [0.25, 0.3) is 5.91 Å². The fourth-order valence-corrected chi connectivity index (χ4v) is 3.36. The van der Waals surface area contributed by atoms with Crippen molar-refractivity contribution in [3.8, 4) is 0 Å². The van der Waals surface area contributed by atoms with Gasteiger partial charge in [0, 0.05) is 28.4 Å². The Balaban J connectivity index is 1.63. The Hall–Kier alpha value is -3.47. The number of rotatable bonds is 4. The smallest absolute Gasteiger partial charge is 0.274 e. The number of para-hydroxylation sites is 1. The molecule has 4 nitrogen and oxygen atoms in total. The lowest BCUT2D eigenvalue weighted by molar-refractivity contribution is 0.0951. The van der Waals surface area contributed by atoms with Gasteiger partial charge < -0.3 is 4.57 Å². The van der Waals surface area contributed by atoms with E-state index in [2.05, 4.69) is 40.2 Å². The molecule has 0 atom stereocenters. The third-order valence-electron chi connectivity index (χ3n) is 4.61. The Morgan fingerprint density at radius 2 is 1.78 bits per heavy atom. The van der Waals surface area contributed by atoms with Crippen molar-refractivity contribution in [1.82, 2.24) is 9.99 Å². The summed E-state index contributed by atoms with van der Waals surface area (Å²) in [4.78, 5) is 12.0. The summed E-state index contributed by atoms with van der Waals surface area (Å²) >= 11 is 0. The lowest BCUT2D eigenvalue weighted by Crippen LogP contribution is -2.18. The molecule has 0 saturated carbocycles. The quantitative estimate of drug-likeness (QED) is 0.416. The van der Waals surface area contributed by atoms with Crippen molar-refractivity contribution >= 4 is 33.9 Å². The first kappa shape index (κ1) is 17.0. The van der Waals surface area contributed by atoms with Crippen LogP contribution in [0.3, 0.4) is 0 Å². The van der Waals surface area contributed by atoms with E-state index in [9.17, 15) is 9.18 Å². The van der Waals surface area contributed by atoms with E-state index < -0.39 is 11.7 Å². The lowest BCUT2D eigenvalue weighted by atomic mass is 10.1. The zero-order valence-corrected chi connectivity index (χ0v) is 14.8. The van der Waals surface area contributed by atoms with E-state index in [-0.39, 0.29) is 5.56 Å².